The number of hydrogen-bond acceptors (Lipinski definition) is 3. The van der Waals surface area contributed by atoms with Gasteiger partial charge in [0, 0.05) is 28.8 Å². The van der Waals surface area contributed by atoms with Crippen LogP contribution in [0.15, 0.2) is 27.8 Å². The van der Waals surface area contributed by atoms with Gasteiger partial charge in [-0.05, 0) is 34.3 Å². The van der Waals surface area contributed by atoms with Crippen LogP contribution in [0, 0.1) is 5.92 Å². The van der Waals surface area contributed by atoms with E-state index >= 15 is 0 Å². The highest BCUT2D eigenvalue weighted by molar-refractivity contribution is 9.10. The lowest BCUT2D eigenvalue weighted by molar-refractivity contribution is 0.439. The standard InChI is InChI=1S/C11H16BrClN2O2S/c1-8(2)11(3-4-13)15-18(16,17)10-5-9(12)6-14-7-10/h5-8,11,15H,3-4H2,1-2H3. The van der Waals surface area contributed by atoms with Crippen LogP contribution in [0.2, 0.25) is 0 Å². The zero-order valence-electron chi connectivity index (χ0n) is 10.2. The number of nitrogens with one attached hydrogen (secondary N) is 1. The molecule has 1 atom stereocenters. The molecule has 4 nitrogen and oxygen atoms in total. The van der Waals surface area contributed by atoms with E-state index in [9.17, 15) is 8.42 Å². The van der Waals surface area contributed by atoms with Gasteiger partial charge in [0.1, 0.15) is 4.90 Å². The summed E-state index contributed by atoms with van der Waals surface area (Å²) < 4.78 is 27.6. The number of pyridine rings is 1. The fraction of sp³-hybridized carbons (Fsp3) is 0.545. The van der Waals surface area contributed by atoms with Gasteiger partial charge >= 0.3 is 0 Å². The molecule has 1 N–H and O–H groups in total. The Kier molecular flexibility index (Phi) is 6.04. The Morgan fingerprint density at radius 3 is 2.61 bits per heavy atom. The molecule has 0 radical (unpaired) electrons. The second kappa shape index (κ2) is 6.84. The van der Waals surface area contributed by atoms with E-state index in [0.717, 1.165) is 0 Å². The van der Waals surface area contributed by atoms with Crippen molar-refractivity contribution in [1.82, 2.24) is 9.71 Å². The molecule has 7 heteroatoms. The van der Waals surface area contributed by atoms with Crippen LogP contribution >= 0.6 is 27.5 Å². The van der Waals surface area contributed by atoms with Crippen molar-refractivity contribution >= 4 is 37.6 Å². The first-order valence-electron chi connectivity index (χ1n) is 5.55. The predicted octanol–water partition coefficient (Wildman–Crippen LogP) is 2.78. The fourth-order valence-electron chi connectivity index (χ4n) is 1.45. The molecule has 0 aliphatic carbocycles. The Morgan fingerprint density at radius 2 is 2.11 bits per heavy atom. The van der Waals surface area contributed by atoms with E-state index in [-0.39, 0.29) is 16.9 Å². The highest BCUT2D eigenvalue weighted by Crippen LogP contribution is 2.16. The van der Waals surface area contributed by atoms with Crippen LogP contribution in [0.5, 0.6) is 0 Å². The van der Waals surface area contributed by atoms with Crippen molar-refractivity contribution in [2.75, 3.05) is 5.88 Å². The average Bonchev–Trinajstić information content (AvgIpc) is 2.28. The number of sulfonamides is 1. The van der Waals surface area contributed by atoms with E-state index in [2.05, 4.69) is 25.6 Å². The van der Waals surface area contributed by atoms with Gasteiger partial charge in [-0.25, -0.2) is 13.1 Å². The third-order valence-electron chi connectivity index (χ3n) is 2.52. The molecule has 0 saturated carbocycles. The SMILES string of the molecule is CC(C)C(CCCl)NS(=O)(=O)c1cncc(Br)c1. The maximum Gasteiger partial charge on any atom is 0.242 e. The second-order valence-corrected chi connectivity index (χ2v) is 7.30. The van der Waals surface area contributed by atoms with E-state index in [1.807, 2.05) is 13.8 Å². The minimum atomic E-state index is -3.55. The summed E-state index contributed by atoms with van der Waals surface area (Å²) in [5.41, 5.74) is 0. The molecular weight excluding hydrogens is 340 g/mol. The van der Waals surface area contributed by atoms with E-state index in [1.54, 1.807) is 0 Å². The molecule has 0 fully saturated rings. The van der Waals surface area contributed by atoms with Gasteiger partial charge in [-0.15, -0.1) is 11.6 Å². The third kappa shape index (κ3) is 4.50. The lowest BCUT2D eigenvalue weighted by Gasteiger charge is -2.21. The van der Waals surface area contributed by atoms with Crippen LogP contribution in [0.4, 0.5) is 0 Å². The smallest absolute Gasteiger partial charge is 0.242 e. The monoisotopic (exact) mass is 354 g/mol. The zero-order valence-corrected chi connectivity index (χ0v) is 13.4. The van der Waals surface area contributed by atoms with Crippen molar-refractivity contribution in [3.63, 3.8) is 0 Å². The summed E-state index contributed by atoms with van der Waals surface area (Å²) in [6, 6.07) is 1.35. The molecule has 0 aromatic carbocycles. The number of nitrogens with zero attached hydrogens (tertiary/aromatic N) is 1. The van der Waals surface area contributed by atoms with E-state index in [0.29, 0.717) is 16.8 Å². The quantitative estimate of drug-likeness (QED) is 0.798. The summed E-state index contributed by atoms with van der Waals surface area (Å²) in [5, 5.41) is 0. The molecule has 0 saturated heterocycles. The Morgan fingerprint density at radius 1 is 1.44 bits per heavy atom. The van der Waals surface area contributed by atoms with Crippen molar-refractivity contribution in [3.8, 4) is 0 Å². The molecule has 1 unspecified atom stereocenters. The number of rotatable bonds is 6. The molecule has 0 aliphatic heterocycles. The van der Waals surface area contributed by atoms with Crippen LogP contribution in [0.3, 0.4) is 0 Å². The first-order valence-corrected chi connectivity index (χ1v) is 8.36. The Balaban J connectivity index is 2.93. The Labute approximate surface area is 121 Å². The number of aromatic nitrogens is 1. The molecule has 1 rings (SSSR count). The van der Waals surface area contributed by atoms with Gasteiger partial charge in [-0.3, -0.25) is 4.98 Å². The zero-order chi connectivity index (χ0) is 13.8. The van der Waals surface area contributed by atoms with Crippen molar-refractivity contribution in [2.24, 2.45) is 5.92 Å². The van der Waals surface area contributed by atoms with Gasteiger partial charge in [0.2, 0.25) is 10.0 Å². The molecule has 1 heterocycles. The van der Waals surface area contributed by atoms with Gasteiger partial charge in [-0.2, -0.15) is 0 Å². The Hall–Kier alpha value is -0.170. The second-order valence-electron chi connectivity index (χ2n) is 4.29. The Bertz CT molecular complexity index is 494. The highest BCUT2D eigenvalue weighted by atomic mass is 79.9. The largest absolute Gasteiger partial charge is 0.262 e. The topological polar surface area (TPSA) is 59.1 Å². The first-order chi connectivity index (χ1) is 8.36. The molecular formula is C11H16BrClN2O2S. The summed E-state index contributed by atoms with van der Waals surface area (Å²) in [6.45, 7) is 3.91. The molecule has 0 spiro atoms. The van der Waals surface area contributed by atoms with Crippen LogP contribution < -0.4 is 4.72 Å². The molecule has 1 aromatic heterocycles. The van der Waals surface area contributed by atoms with Crippen molar-refractivity contribution < 1.29 is 8.42 Å². The van der Waals surface area contributed by atoms with Crippen LogP contribution in [-0.2, 0) is 10.0 Å². The third-order valence-corrected chi connectivity index (χ3v) is 4.63. The van der Waals surface area contributed by atoms with Gasteiger partial charge in [0.15, 0.2) is 0 Å². The minimum absolute atomic E-state index is 0.150. The fourth-order valence-corrected chi connectivity index (χ4v) is 3.61. The van der Waals surface area contributed by atoms with Crippen molar-refractivity contribution in [2.45, 2.75) is 31.2 Å². The van der Waals surface area contributed by atoms with Gasteiger partial charge in [0.25, 0.3) is 0 Å². The van der Waals surface area contributed by atoms with Gasteiger partial charge < -0.3 is 0 Å². The predicted molar refractivity (Wildman–Crippen MR) is 76.2 cm³/mol. The molecule has 0 amide bonds. The molecule has 18 heavy (non-hydrogen) atoms. The van der Waals surface area contributed by atoms with E-state index in [4.69, 9.17) is 11.6 Å². The first kappa shape index (κ1) is 15.9. The number of alkyl halides is 1. The molecule has 1 aromatic rings. The minimum Gasteiger partial charge on any atom is -0.262 e. The summed E-state index contributed by atoms with van der Waals surface area (Å²) in [5.74, 6) is 0.598. The summed E-state index contributed by atoms with van der Waals surface area (Å²) >= 11 is 8.89. The lowest BCUT2D eigenvalue weighted by atomic mass is 10.0. The van der Waals surface area contributed by atoms with E-state index < -0.39 is 10.0 Å². The molecule has 0 bridgehead atoms. The number of halogens is 2. The normalized spacial score (nSPS) is 13.8. The number of hydrogen-bond donors (Lipinski definition) is 1. The summed E-state index contributed by atoms with van der Waals surface area (Å²) in [6.07, 6.45) is 3.46. The van der Waals surface area contributed by atoms with Crippen molar-refractivity contribution in [3.05, 3.63) is 22.9 Å². The van der Waals surface area contributed by atoms with Crippen LogP contribution in [0.25, 0.3) is 0 Å². The van der Waals surface area contributed by atoms with Crippen molar-refractivity contribution in [1.29, 1.82) is 0 Å². The lowest BCUT2D eigenvalue weighted by Crippen LogP contribution is -2.38. The maximum atomic E-state index is 12.2. The maximum absolute atomic E-state index is 12.2. The summed E-state index contributed by atoms with van der Waals surface area (Å²) in [4.78, 5) is 4.01. The van der Waals surface area contributed by atoms with Gasteiger partial charge in [-0.1, -0.05) is 13.8 Å². The van der Waals surface area contributed by atoms with Crippen LogP contribution in [0.1, 0.15) is 20.3 Å². The highest BCUT2D eigenvalue weighted by Gasteiger charge is 2.22. The van der Waals surface area contributed by atoms with E-state index in [1.165, 1.54) is 18.5 Å². The van der Waals surface area contributed by atoms with Crippen LogP contribution in [-0.4, -0.2) is 25.3 Å². The molecule has 102 valence electrons. The van der Waals surface area contributed by atoms with Gasteiger partial charge in [0.05, 0.1) is 0 Å². The summed E-state index contributed by atoms with van der Waals surface area (Å²) in [7, 11) is -3.55. The molecule has 0 aliphatic rings. The average molecular weight is 356 g/mol.